The first-order valence-corrected chi connectivity index (χ1v) is 8.42. The maximum Gasteiger partial charge on any atom is 0.238 e. The molecule has 3 nitrogen and oxygen atoms in total. The van der Waals surface area contributed by atoms with Gasteiger partial charge in [0.25, 0.3) is 0 Å². The van der Waals surface area contributed by atoms with Gasteiger partial charge in [0.05, 0.1) is 6.54 Å². The lowest BCUT2D eigenvalue weighted by molar-refractivity contribution is -0.118. The van der Waals surface area contributed by atoms with Crippen LogP contribution in [0.1, 0.15) is 26.2 Å². The van der Waals surface area contributed by atoms with Gasteiger partial charge in [-0.15, -0.1) is 0 Å². The molecular weight excluding hydrogens is 284 g/mol. The Labute approximate surface area is 138 Å². The van der Waals surface area contributed by atoms with E-state index in [4.69, 9.17) is 0 Å². The molecule has 1 saturated heterocycles. The van der Waals surface area contributed by atoms with E-state index in [1.807, 2.05) is 30.3 Å². The Morgan fingerprint density at radius 3 is 2.43 bits per heavy atom. The van der Waals surface area contributed by atoms with Crippen molar-refractivity contribution < 1.29 is 4.79 Å². The fourth-order valence-corrected chi connectivity index (χ4v) is 3.15. The monoisotopic (exact) mass is 308 g/mol. The summed E-state index contributed by atoms with van der Waals surface area (Å²) in [4.78, 5) is 14.5. The number of benzene rings is 2. The van der Waals surface area contributed by atoms with Crippen molar-refractivity contribution in [1.29, 1.82) is 0 Å². The van der Waals surface area contributed by atoms with Gasteiger partial charge in [-0.3, -0.25) is 9.69 Å². The van der Waals surface area contributed by atoms with Gasteiger partial charge in [0.15, 0.2) is 0 Å². The SMILES string of the molecule is C[C@H]1CCCCN1CC(=O)Nc1ccc(-c2ccccc2)cc1. The molecule has 1 aliphatic rings. The summed E-state index contributed by atoms with van der Waals surface area (Å²) in [5.41, 5.74) is 3.21. The van der Waals surface area contributed by atoms with Crippen LogP contribution in [0, 0.1) is 0 Å². The lowest BCUT2D eigenvalue weighted by Gasteiger charge is -2.32. The first-order chi connectivity index (χ1) is 11.2. The van der Waals surface area contributed by atoms with Crippen LogP contribution in [0.3, 0.4) is 0 Å². The molecule has 0 spiro atoms. The normalized spacial score (nSPS) is 18.6. The van der Waals surface area contributed by atoms with Crippen molar-refractivity contribution in [2.45, 2.75) is 32.2 Å². The van der Waals surface area contributed by atoms with Crippen LogP contribution >= 0.6 is 0 Å². The van der Waals surface area contributed by atoms with Gasteiger partial charge in [0.1, 0.15) is 0 Å². The van der Waals surface area contributed by atoms with E-state index in [0.29, 0.717) is 12.6 Å². The lowest BCUT2D eigenvalue weighted by atomic mass is 10.0. The average Bonchev–Trinajstić information content (AvgIpc) is 2.58. The number of nitrogens with zero attached hydrogens (tertiary/aromatic N) is 1. The second-order valence-electron chi connectivity index (χ2n) is 6.31. The quantitative estimate of drug-likeness (QED) is 0.919. The number of hydrogen-bond acceptors (Lipinski definition) is 2. The van der Waals surface area contributed by atoms with Crippen molar-refractivity contribution in [2.75, 3.05) is 18.4 Å². The van der Waals surface area contributed by atoms with Crippen LogP contribution in [0.25, 0.3) is 11.1 Å². The van der Waals surface area contributed by atoms with Crippen molar-refractivity contribution in [3.63, 3.8) is 0 Å². The zero-order chi connectivity index (χ0) is 16.1. The average molecular weight is 308 g/mol. The van der Waals surface area contributed by atoms with Crippen molar-refractivity contribution in [1.82, 2.24) is 4.90 Å². The van der Waals surface area contributed by atoms with Gasteiger partial charge in [0.2, 0.25) is 5.91 Å². The molecule has 120 valence electrons. The van der Waals surface area contributed by atoms with Gasteiger partial charge >= 0.3 is 0 Å². The predicted octanol–water partition coefficient (Wildman–Crippen LogP) is 4.17. The Balaban J connectivity index is 1.58. The van der Waals surface area contributed by atoms with E-state index >= 15 is 0 Å². The van der Waals surface area contributed by atoms with Crippen molar-refractivity contribution in [3.8, 4) is 11.1 Å². The highest BCUT2D eigenvalue weighted by molar-refractivity contribution is 5.92. The predicted molar refractivity (Wildman–Crippen MR) is 95.4 cm³/mol. The molecule has 23 heavy (non-hydrogen) atoms. The Hall–Kier alpha value is -2.13. The molecule has 2 aromatic carbocycles. The Morgan fingerprint density at radius 1 is 1.04 bits per heavy atom. The molecule has 0 bridgehead atoms. The summed E-state index contributed by atoms with van der Waals surface area (Å²) in [5.74, 6) is 0.0752. The Morgan fingerprint density at radius 2 is 1.74 bits per heavy atom. The number of rotatable bonds is 4. The number of amides is 1. The van der Waals surface area contributed by atoms with Gasteiger partial charge in [0, 0.05) is 11.7 Å². The van der Waals surface area contributed by atoms with E-state index in [1.165, 1.54) is 24.8 Å². The van der Waals surface area contributed by atoms with Crippen LogP contribution in [0.4, 0.5) is 5.69 Å². The van der Waals surface area contributed by atoms with Crippen LogP contribution in [-0.2, 0) is 4.79 Å². The zero-order valence-corrected chi connectivity index (χ0v) is 13.7. The van der Waals surface area contributed by atoms with Crippen LogP contribution in [0.5, 0.6) is 0 Å². The van der Waals surface area contributed by atoms with Crippen molar-refractivity contribution >= 4 is 11.6 Å². The largest absolute Gasteiger partial charge is 0.325 e. The number of likely N-dealkylation sites (tertiary alicyclic amines) is 1. The first kappa shape index (κ1) is 15.8. The summed E-state index contributed by atoms with van der Waals surface area (Å²) in [7, 11) is 0. The fraction of sp³-hybridized carbons (Fsp3) is 0.350. The molecule has 1 atom stereocenters. The van der Waals surface area contributed by atoms with E-state index in [-0.39, 0.29) is 5.91 Å². The highest BCUT2D eigenvalue weighted by Gasteiger charge is 2.20. The summed E-state index contributed by atoms with van der Waals surface area (Å²) in [6.07, 6.45) is 3.67. The number of piperidine rings is 1. The van der Waals surface area contributed by atoms with Gasteiger partial charge in [-0.05, 0) is 49.6 Å². The van der Waals surface area contributed by atoms with E-state index < -0.39 is 0 Å². The lowest BCUT2D eigenvalue weighted by Crippen LogP contribution is -2.42. The van der Waals surface area contributed by atoms with E-state index in [2.05, 4.69) is 41.4 Å². The molecule has 1 fully saturated rings. The third kappa shape index (κ3) is 4.20. The number of anilines is 1. The van der Waals surface area contributed by atoms with Crippen LogP contribution in [0.15, 0.2) is 54.6 Å². The molecule has 1 N–H and O–H groups in total. The minimum Gasteiger partial charge on any atom is -0.325 e. The van der Waals surface area contributed by atoms with E-state index in [0.717, 1.165) is 17.8 Å². The molecule has 1 heterocycles. The fourth-order valence-electron chi connectivity index (χ4n) is 3.15. The van der Waals surface area contributed by atoms with Crippen molar-refractivity contribution in [3.05, 3.63) is 54.6 Å². The number of nitrogens with one attached hydrogen (secondary N) is 1. The molecule has 0 aromatic heterocycles. The van der Waals surface area contributed by atoms with Gasteiger partial charge in [-0.25, -0.2) is 0 Å². The molecule has 3 heteroatoms. The summed E-state index contributed by atoms with van der Waals surface area (Å²) < 4.78 is 0. The third-order valence-corrected chi connectivity index (χ3v) is 4.56. The van der Waals surface area contributed by atoms with Crippen molar-refractivity contribution in [2.24, 2.45) is 0 Å². The summed E-state index contributed by atoms with van der Waals surface area (Å²) in [6, 6.07) is 18.8. The maximum absolute atomic E-state index is 12.2. The minimum absolute atomic E-state index is 0.0752. The Kier molecular flexibility index (Phi) is 5.09. The molecule has 0 saturated carbocycles. The molecular formula is C20H24N2O. The highest BCUT2D eigenvalue weighted by Crippen LogP contribution is 2.21. The standard InChI is InChI=1S/C20H24N2O/c1-16-7-5-6-14-22(16)15-20(23)21-19-12-10-18(11-13-19)17-8-3-2-4-9-17/h2-4,8-13,16H,5-7,14-15H2,1H3,(H,21,23)/t16-/m0/s1. The second-order valence-corrected chi connectivity index (χ2v) is 6.31. The number of carbonyl (C=O) groups is 1. The van der Waals surface area contributed by atoms with Crippen LogP contribution in [-0.4, -0.2) is 29.9 Å². The molecule has 3 rings (SSSR count). The minimum atomic E-state index is 0.0752. The number of carbonyl (C=O) groups excluding carboxylic acids is 1. The molecule has 1 amide bonds. The molecule has 0 aliphatic carbocycles. The number of hydrogen-bond donors (Lipinski definition) is 1. The van der Waals surface area contributed by atoms with Crippen LogP contribution in [0.2, 0.25) is 0 Å². The van der Waals surface area contributed by atoms with Gasteiger partial charge < -0.3 is 5.32 Å². The van der Waals surface area contributed by atoms with E-state index in [9.17, 15) is 4.79 Å². The van der Waals surface area contributed by atoms with Gasteiger partial charge in [-0.2, -0.15) is 0 Å². The third-order valence-electron chi connectivity index (χ3n) is 4.56. The van der Waals surface area contributed by atoms with Gasteiger partial charge in [-0.1, -0.05) is 48.9 Å². The Bertz CT molecular complexity index is 636. The summed E-state index contributed by atoms with van der Waals surface area (Å²) >= 11 is 0. The van der Waals surface area contributed by atoms with E-state index in [1.54, 1.807) is 0 Å². The topological polar surface area (TPSA) is 32.3 Å². The highest BCUT2D eigenvalue weighted by atomic mass is 16.2. The molecule has 2 aromatic rings. The summed E-state index contributed by atoms with van der Waals surface area (Å²) in [6.45, 7) is 3.73. The zero-order valence-electron chi connectivity index (χ0n) is 13.7. The smallest absolute Gasteiger partial charge is 0.238 e. The second kappa shape index (κ2) is 7.42. The van der Waals surface area contributed by atoms with Crippen LogP contribution < -0.4 is 5.32 Å². The summed E-state index contributed by atoms with van der Waals surface area (Å²) in [5, 5.41) is 3.01. The molecule has 1 aliphatic heterocycles. The molecule has 0 radical (unpaired) electrons. The first-order valence-electron chi connectivity index (χ1n) is 8.42. The molecule has 0 unspecified atom stereocenters. The maximum atomic E-state index is 12.2.